The number of nitrogens with one attached hydrogen (secondary N) is 1. The molecule has 11 heteroatoms. The third-order valence-corrected chi connectivity index (χ3v) is 8.08. The Morgan fingerprint density at radius 3 is 2.48 bits per heavy atom. The van der Waals surface area contributed by atoms with Crippen LogP contribution in [0.15, 0.2) is 72.8 Å². The summed E-state index contributed by atoms with van der Waals surface area (Å²) in [5, 5.41) is 14.0. The number of anilines is 2. The number of fused-ring (bicyclic) bond motifs is 4. The lowest BCUT2D eigenvalue weighted by Crippen LogP contribution is -2.75. The van der Waals surface area contributed by atoms with Crippen LogP contribution in [0.5, 0.6) is 5.75 Å². The SMILES string of the molecule is COc1ccc(N2C(=O)NC(=O)[C@]3(Cc4cc([N+](=O)[O-])ccc4N4CCN(Cc5ccccc5)C[C@@H]43)C2=O)cc1. The van der Waals surface area contributed by atoms with E-state index in [1.165, 1.54) is 19.2 Å². The number of hydrogen-bond donors (Lipinski definition) is 1. The Morgan fingerprint density at radius 1 is 1.02 bits per heavy atom. The summed E-state index contributed by atoms with van der Waals surface area (Å²) >= 11 is 0. The van der Waals surface area contributed by atoms with Gasteiger partial charge in [-0.1, -0.05) is 30.3 Å². The quantitative estimate of drug-likeness (QED) is 0.297. The molecule has 3 aromatic carbocycles. The summed E-state index contributed by atoms with van der Waals surface area (Å²) in [6, 6.07) is 19.5. The van der Waals surface area contributed by atoms with Crippen LogP contribution in [0.25, 0.3) is 0 Å². The van der Waals surface area contributed by atoms with Crippen molar-refractivity contribution in [3.05, 3.63) is 94.0 Å². The molecular weight excluding hydrogens is 514 g/mol. The minimum absolute atomic E-state index is 0.0744. The van der Waals surface area contributed by atoms with Crippen LogP contribution in [0.1, 0.15) is 11.1 Å². The highest BCUT2D eigenvalue weighted by Crippen LogP contribution is 2.47. The van der Waals surface area contributed by atoms with Crippen LogP contribution in [0, 0.1) is 15.5 Å². The highest BCUT2D eigenvalue weighted by atomic mass is 16.6. The number of carbonyl (C=O) groups is 3. The predicted molar refractivity (Wildman–Crippen MR) is 146 cm³/mol. The van der Waals surface area contributed by atoms with E-state index in [1.54, 1.807) is 30.3 Å². The number of nitro groups is 1. The van der Waals surface area contributed by atoms with E-state index in [1.807, 2.05) is 35.2 Å². The van der Waals surface area contributed by atoms with Gasteiger partial charge < -0.3 is 9.64 Å². The fourth-order valence-corrected chi connectivity index (χ4v) is 6.13. The number of nitro benzene ring substituents is 1. The molecule has 2 atom stereocenters. The van der Waals surface area contributed by atoms with E-state index in [9.17, 15) is 24.5 Å². The van der Waals surface area contributed by atoms with Crippen molar-refractivity contribution in [1.29, 1.82) is 0 Å². The summed E-state index contributed by atoms with van der Waals surface area (Å²) in [4.78, 5) is 57.7. The number of carbonyl (C=O) groups excluding carboxylic acids is 3. The van der Waals surface area contributed by atoms with E-state index >= 15 is 0 Å². The smallest absolute Gasteiger partial charge is 0.335 e. The number of imide groups is 2. The van der Waals surface area contributed by atoms with Crippen molar-refractivity contribution in [3.63, 3.8) is 0 Å². The first-order valence-corrected chi connectivity index (χ1v) is 13.0. The Morgan fingerprint density at radius 2 is 1.77 bits per heavy atom. The second kappa shape index (κ2) is 9.76. The molecule has 3 heterocycles. The zero-order valence-electron chi connectivity index (χ0n) is 21.8. The van der Waals surface area contributed by atoms with Crippen molar-refractivity contribution in [2.24, 2.45) is 5.41 Å². The molecule has 0 saturated carbocycles. The number of nitrogens with zero attached hydrogens (tertiary/aromatic N) is 4. The maximum atomic E-state index is 14.5. The summed E-state index contributed by atoms with van der Waals surface area (Å²) < 4.78 is 5.21. The van der Waals surface area contributed by atoms with E-state index in [-0.39, 0.29) is 12.1 Å². The van der Waals surface area contributed by atoms with Crippen LogP contribution in [0.4, 0.5) is 21.9 Å². The number of hydrogen-bond acceptors (Lipinski definition) is 8. The topological polar surface area (TPSA) is 125 Å². The molecule has 3 aromatic rings. The van der Waals surface area contributed by atoms with Crippen molar-refractivity contribution in [3.8, 4) is 5.75 Å². The van der Waals surface area contributed by atoms with Crippen molar-refractivity contribution < 1.29 is 24.0 Å². The first kappa shape index (κ1) is 25.5. The third-order valence-electron chi connectivity index (χ3n) is 8.08. The molecule has 1 spiro atoms. The Balaban J connectivity index is 1.45. The molecule has 0 aliphatic carbocycles. The molecule has 3 aliphatic heterocycles. The largest absolute Gasteiger partial charge is 0.497 e. The number of piperazine rings is 1. The van der Waals surface area contributed by atoms with Crippen LogP contribution in [-0.4, -0.2) is 60.5 Å². The highest BCUT2D eigenvalue weighted by molar-refractivity contribution is 6.30. The molecule has 2 saturated heterocycles. The number of methoxy groups -OCH3 is 1. The molecule has 0 unspecified atom stereocenters. The Labute approximate surface area is 230 Å². The van der Waals surface area contributed by atoms with Crippen molar-refractivity contribution in [1.82, 2.24) is 10.2 Å². The highest BCUT2D eigenvalue weighted by Gasteiger charge is 2.63. The van der Waals surface area contributed by atoms with Crippen LogP contribution < -0.4 is 19.9 Å². The zero-order valence-corrected chi connectivity index (χ0v) is 21.8. The lowest BCUT2D eigenvalue weighted by molar-refractivity contribution is -0.384. The summed E-state index contributed by atoms with van der Waals surface area (Å²) in [7, 11) is 1.51. The van der Waals surface area contributed by atoms with Crippen molar-refractivity contribution in [2.75, 3.05) is 36.5 Å². The fraction of sp³-hybridized carbons (Fsp3) is 0.276. The van der Waals surface area contributed by atoms with Gasteiger partial charge >= 0.3 is 6.03 Å². The minimum atomic E-state index is -1.69. The van der Waals surface area contributed by atoms with E-state index in [0.717, 1.165) is 16.2 Å². The van der Waals surface area contributed by atoms with E-state index in [0.29, 0.717) is 43.2 Å². The summed E-state index contributed by atoms with van der Waals surface area (Å²) in [5.41, 5.74) is 0.867. The molecule has 40 heavy (non-hydrogen) atoms. The Bertz CT molecular complexity index is 1510. The van der Waals surface area contributed by atoms with Gasteiger partial charge in [-0.15, -0.1) is 0 Å². The van der Waals surface area contributed by atoms with Gasteiger partial charge in [-0.3, -0.25) is 29.9 Å². The zero-order chi connectivity index (χ0) is 28.0. The average molecular weight is 542 g/mol. The summed E-state index contributed by atoms with van der Waals surface area (Å²) in [6.45, 7) is 2.18. The van der Waals surface area contributed by atoms with Gasteiger partial charge in [-0.2, -0.15) is 0 Å². The Hall–Kier alpha value is -4.77. The van der Waals surface area contributed by atoms with Crippen LogP contribution in [0.3, 0.4) is 0 Å². The van der Waals surface area contributed by atoms with Gasteiger partial charge in [0.05, 0.1) is 23.8 Å². The van der Waals surface area contributed by atoms with Crippen LogP contribution in [-0.2, 0) is 22.6 Å². The molecule has 204 valence electrons. The number of ether oxygens (including phenoxy) is 1. The second-order valence-electron chi connectivity index (χ2n) is 10.2. The van der Waals surface area contributed by atoms with Crippen molar-refractivity contribution in [2.45, 2.75) is 19.0 Å². The number of amides is 4. The molecule has 3 aliphatic rings. The normalized spacial score (nSPS) is 22.5. The summed E-state index contributed by atoms with van der Waals surface area (Å²) in [5.74, 6) is -0.797. The number of non-ortho nitro benzene ring substituents is 1. The minimum Gasteiger partial charge on any atom is -0.497 e. The van der Waals surface area contributed by atoms with E-state index < -0.39 is 34.2 Å². The monoisotopic (exact) mass is 541 g/mol. The van der Waals surface area contributed by atoms with Gasteiger partial charge in [0.25, 0.3) is 11.6 Å². The van der Waals surface area contributed by atoms with Gasteiger partial charge in [-0.25, -0.2) is 9.69 Å². The van der Waals surface area contributed by atoms with Gasteiger partial charge in [-0.05, 0) is 41.5 Å². The second-order valence-corrected chi connectivity index (χ2v) is 10.2. The Kier molecular flexibility index (Phi) is 6.22. The number of urea groups is 1. The fourth-order valence-electron chi connectivity index (χ4n) is 6.13. The third kappa shape index (κ3) is 4.06. The molecule has 6 rings (SSSR count). The maximum Gasteiger partial charge on any atom is 0.335 e. The number of benzene rings is 3. The molecule has 0 aromatic heterocycles. The first-order chi connectivity index (χ1) is 19.3. The average Bonchev–Trinajstić information content (AvgIpc) is 2.96. The van der Waals surface area contributed by atoms with E-state index in [2.05, 4.69) is 10.2 Å². The van der Waals surface area contributed by atoms with E-state index in [4.69, 9.17) is 4.74 Å². The van der Waals surface area contributed by atoms with Gasteiger partial charge in [0, 0.05) is 50.4 Å². The lowest BCUT2D eigenvalue weighted by Gasteiger charge is -2.55. The number of rotatable bonds is 5. The van der Waals surface area contributed by atoms with Crippen LogP contribution in [0.2, 0.25) is 0 Å². The predicted octanol–water partition coefficient (Wildman–Crippen LogP) is 3.12. The summed E-state index contributed by atoms with van der Waals surface area (Å²) in [6.07, 6.45) is -0.0744. The standard InChI is InChI=1S/C29H27N5O6/c1-40-23-10-7-21(8-11-23)33-27(36)29(26(35)30-28(33)37)16-20-15-22(34(38)39)9-12-24(20)32-14-13-31(18-25(29)32)17-19-5-3-2-4-6-19/h2-12,15,25H,13-14,16-18H2,1H3,(H,30,35,37)/t25-,29-/m1/s1. The molecule has 2 fully saturated rings. The van der Waals surface area contributed by atoms with Crippen molar-refractivity contribution >= 4 is 34.9 Å². The molecular formula is C29H27N5O6. The maximum absolute atomic E-state index is 14.5. The first-order valence-electron chi connectivity index (χ1n) is 13.0. The molecule has 0 radical (unpaired) electrons. The van der Waals surface area contributed by atoms with Crippen LogP contribution >= 0.6 is 0 Å². The lowest BCUT2D eigenvalue weighted by atomic mass is 9.67. The molecule has 1 N–H and O–H groups in total. The molecule has 4 amide bonds. The van der Waals surface area contributed by atoms with Gasteiger partial charge in [0.2, 0.25) is 5.91 Å². The number of barbiturate groups is 1. The van der Waals surface area contributed by atoms with Gasteiger partial charge in [0.15, 0.2) is 5.41 Å². The molecule has 11 nitrogen and oxygen atoms in total. The molecule has 0 bridgehead atoms. The van der Waals surface area contributed by atoms with Gasteiger partial charge in [0.1, 0.15) is 5.75 Å².